The van der Waals surface area contributed by atoms with Crippen LogP contribution in [0.5, 0.6) is 0 Å². The Morgan fingerprint density at radius 1 is 1.26 bits per heavy atom. The van der Waals surface area contributed by atoms with Crippen molar-refractivity contribution in [3.05, 3.63) is 52.9 Å². The molecule has 2 aromatic rings. The molecule has 1 heterocycles. The molecular weight excluding hydrogens is 318 g/mol. The molecule has 23 heavy (non-hydrogen) atoms. The van der Waals surface area contributed by atoms with Crippen LogP contribution in [0.1, 0.15) is 24.2 Å². The Bertz CT molecular complexity index is 711. The van der Waals surface area contributed by atoms with Crippen LogP contribution in [-0.2, 0) is 9.59 Å². The third-order valence-corrected chi connectivity index (χ3v) is 3.20. The highest BCUT2D eigenvalue weighted by molar-refractivity contribution is 6.30. The van der Waals surface area contributed by atoms with E-state index >= 15 is 0 Å². The van der Waals surface area contributed by atoms with Gasteiger partial charge in [-0.1, -0.05) is 11.6 Å². The van der Waals surface area contributed by atoms with Crippen molar-refractivity contribution in [2.75, 3.05) is 5.32 Å². The second-order valence-electron chi connectivity index (χ2n) is 4.82. The van der Waals surface area contributed by atoms with Crippen LogP contribution >= 0.6 is 11.6 Å². The van der Waals surface area contributed by atoms with Crippen molar-refractivity contribution >= 4 is 35.3 Å². The smallest absolute Gasteiger partial charge is 0.240 e. The number of furan rings is 1. The molecule has 0 saturated heterocycles. The topological polar surface area (TPSA) is 83.7 Å². The van der Waals surface area contributed by atoms with Gasteiger partial charge in [0.05, 0.1) is 12.5 Å². The van der Waals surface area contributed by atoms with Gasteiger partial charge in [-0.15, -0.1) is 0 Å². The van der Waals surface area contributed by atoms with Gasteiger partial charge in [-0.05, 0) is 42.8 Å². The highest BCUT2D eigenvalue weighted by Crippen LogP contribution is 2.19. The second kappa shape index (κ2) is 8.14. The van der Waals surface area contributed by atoms with Gasteiger partial charge in [0, 0.05) is 23.6 Å². The summed E-state index contributed by atoms with van der Waals surface area (Å²) in [5.74, 6) is -0.0716. The number of anilines is 1. The Hall–Kier alpha value is -2.60. The molecule has 0 bridgehead atoms. The van der Waals surface area contributed by atoms with E-state index in [9.17, 15) is 9.59 Å². The zero-order chi connectivity index (χ0) is 16.7. The van der Waals surface area contributed by atoms with E-state index in [0.717, 1.165) is 5.56 Å². The molecule has 1 aromatic carbocycles. The summed E-state index contributed by atoms with van der Waals surface area (Å²) < 4.78 is 5.03. The Balaban J connectivity index is 1.74. The van der Waals surface area contributed by atoms with Gasteiger partial charge in [0.25, 0.3) is 0 Å². The molecule has 0 atom stereocenters. The lowest BCUT2D eigenvalue weighted by molar-refractivity contribution is -0.124. The number of amides is 2. The predicted molar refractivity (Wildman–Crippen MR) is 88.5 cm³/mol. The van der Waals surface area contributed by atoms with Gasteiger partial charge >= 0.3 is 0 Å². The third kappa shape index (κ3) is 5.60. The molecule has 0 aliphatic heterocycles. The van der Waals surface area contributed by atoms with E-state index in [4.69, 9.17) is 16.0 Å². The maximum absolute atomic E-state index is 11.8. The first kappa shape index (κ1) is 16.8. The summed E-state index contributed by atoms with van der Waals surface area (Å²) in [5.41, 5.74) is 3.87. The first-order valence-corrected chi connectivity index (χ1v) is 7.34. The van der Waals surface area contributed by atoms with Crippen molar-refractivity contribution in [1.82, 2.24) is 5.43 Å². The van der Waals surface area contributed by atoms with Gasteiger partial charge in [-0.2, -0.15) is 5.10 Å². The molecule has 6 nitrogen and oxygen atoms in total. The van der Waals surface area contributed by atoms with Gasteiger partial charge in [-0.25, -0.2) is 5.43 Å². The lowest BCUT2D eigenvalue weighted by Crippen LogP contribution is -2.20. The normalized spacial score (nSPS) is 10.7. The minimum absolute atomic E-state index is 0.0357. The summed E-state index contributed by atoms with van der Waals surface area (Å²) in [5, 5.41) is 7.08. The minimum Gasteiger partial charge on any atom is -0.463 e. The van der Waals surface area contributed by atoms with Crippen molar-refractivity contribution in [1.29, 1.82) is 0 Å². The van der Waals surface area contributed by atoms with Crippen LogP contribution in [0.25, 0.3) is 0 Å². The van der Waals surface area contributed by atoms with E-state index in [-0.39, 0.29) is 24.7 Å². The second-order valence-corrected chi connectivity index (χ2v) is 5.25. The fourth-order valence-corrected chi connectivity index (χ4v) is 2.02. The van der Waals surface area contributed by atoms with Gasteiger partial charge < -0.3 is 9.73 Å². The average molecular weight is 334 g/mol. The standard InChI is InChI=1S/C16H16ClN3O3/c1-11-9-12(17)4-5-14(11)19-15(21)6-7-16(22)20-18-10-13-3-2-8-23-13/h2-5,8-10H,6-7H2,1H3,(H,19,21)(H,20,22)/b18-10+. The number of halogens is 1. The summed E-state index contributed by atoms with van der Waals surface area (Å²) in [6, 6.07) is 8.60. The number of nitrogens with zero attached hydrogens (tertiary/aromatic N) is 1. The molecular formula is C16H16ClN3O3. The monoisotopic (exact) mass is 333 g/mol. The maximum atomic E-state index is 11.8. The molecule has 2 rings (SSSR count). The number of carbonyl (C=O) groups is 2. The lowest BCUT2D eigenvalue weighted by Gasteiger charge is -2.08. The van der Waals surface area contributed by atoms with E-state index in [2.05, 4.69) is 15.8 Å². The van der Waals surface area contributed by atoms with Crippen LogP contribution in [0.4, 0.5) is 5.69 Å². The van der Waals surface area contributed by atoms with Crippen LogP contribution in [-0.4, -0.2) is 18.0 Å². The molecule has 0 radical (unpaired) electrons. The minimum atomic E-state index is -0.351. The maximum Gasteiger partial charge on any atom is 0.240 e. The number of hydrazone groups is 1. The molecule has 0 saturated carbocycles. The van der Waals surface area contributed by atoms with Crippen LogP contribution in [0.15, 0.2) is 46.1 Å². The van der Waals surface area contributed by atoms with Crippen LogP contribution in [0, 0.1) is 6.92 Å². The summed E-state index contributed by atoms with van der Waals surface area (Å²) >= 11 is 5.86. The third-order valence-electron chi connectivity index (χ3n) is 2.97. The molecule has 1 aromatic heterocycles. The van der Waals surface area contributed by atoms with Crippen LogP contribution in [0.3, 0.4) is 0 Å². The average Bonchev–Trinajstić information content (AvgIpc) is 3.01. The first-order valence-electron chi connectivity index (χ1n) is 6.96. The molecule has 0 spiro atoms. The number of nitrogens with one attached hydrogen (secondary N) is 2. The predicted octanol–water partition coefficient (Wildman–Crippen LogP) is 3.11. The lowest BCUT2D eigenvalue weighted by atomic mass is 10.2. The Labute approximate surface area is 138 Å². The molecule has 0 fully saturated rings. The summed E-state index contributed by atoms with van der Waals surface area (Å²) in [4.78, 5) is 23.4. The van der Waals surface area contributed by atoms with Crippen molar-refractivity contribution in [2.24, 2.45) is 5.10 Å². The highest BCUT2D eigenvalue weighted by atomic mass is 35.5. The zero-order valence-corrected chi connectivity index (χ0v) is 13.3. The SMILES string of the molecule is Cc1cc(Cl)ccc1NC(=O)CCC(=O)N/N=C/c1ccco1. The van der Waals surface area contributed by atoms with Crippen molar-refractivity contribution < 1.29 is 14.0 Å². The molecule has 7 heteroatoms. The van der Waals surface area contributed by atoms with Gasteiger partial charge in [-0.3, -0.25) is 9.59 Å². The molecule has 0 aliphatic rings. The number of aryl methyl sites for hydroxylation is 1. The number of benzene rings is 1. The van der Waals surface area contributed by atoms with Crippen LogP contribution in [0.2, 0.25) is 5.02 Å². The van der Waals surface area contributed by atoms with E-state index in [1.165, 1.54) is 12.5 Å². The molecule has 0 unspecified atom stereocenters. The van der Waals surface area contributed by atoms with Crippen LogP contribution < -0.4 is 10.7 Å². The van der Waals surface area contributed by atoms with E-state index in [1.807, 2.05) is 6.92 Å². The van der Waals surface area contributed by atoms with E-state index < -0.39 is 0 Å². The Kier molecular flexibility index (Phi) is 5.94. The van der Waals surface area contributed by atoms with Gasteiger partial charge in [0.15, 0.2) is 0 Å². The fourth-order valence-electron chi connectivity index (χ4n) is 1.80. The molecule has 0 aliphatic carbocycles. The van der Waals surface area contributed by atoms with Crippen molar-refractivity contribution in [2.45, 2.75) is 19.8 Å². The number of hydrogen-bond acceptors (Lipinski definition) is 4. The van der Waals surface area contributed by atoms with Gasteiger partial charge in [0.2, 0.25) is 11.8 Å². The van der Waals surface area contributed by atoms with Gasteiger partial charge in [0.1, 0.15) is 5.76 Å². The fraction of sp³-hybridized carbons (Fsp3) is 0.188. The number of rotatable bonds is 6. The van der Waals surface area contributed by atoms with Crippen molar-refractivity contribution in [3.8, 4) is 0 Å². The summed E-state index contributed by atoms with van der Waals surface area (Å²) in [7, 11) is 0. The highest BCUT2D eigenvalue weighted by Gasteiger charge is 2.08. The summed E-state index contributed by atoms with van der Waals surface area (Å²) in [6.07, 6.45) is 2.99. The molecule has 120 valence electrons. The quantitative estimate of drug-likeness (QED) is 0.629. The largest absolute Gasteiger partial charge is 0.463 e. The van der Waals surface area contributed by atoms with E-state index in [0.29, 0.717) is 16.5 Å². The first-order chi connectivity index (χ1) is 11.0. The Morgan fingerprint density at radius 2 is 2.04 bits per heavy atom. The zero-order valence-electron chi connectivity index (χ0n) is 12.5. The van der Waals surface area contributed by atoms with E-state index in [1.54, 1.807) is 30.3 Å². The molecule has 2 N–H and O–H groups in total. The number of hydrogen-bond donors (Lipinski definition) is 2. The summed E-state index contributed by atoms with van der Waals surface area (Å²) in [6.45, 7) is 1.84. The Morgan fingerprint density at radius 3 is 2.74 bits per heavy atom. The van der Waals surface area contributed by atoms with Crippen molar-refractivity contribution in [3.63, 3.8) is 0 Å². The number of carbonyl (C=O) groups excluding carboxylic acids is 2. The molecule has 2 amide bonds.